The Bertz CT molecular complexity index is 877. The lowest BCUT2D eigenvalue weighted by atomic mass is 10.2. The molecule has 0 N–H and O–H groups in total. The van der Waals surface area contributed by atoms with E-state index in [1.165, 1.54) is 0 Å². The van der Waals surface area contributed by atoms with Gasteiger partial charge in [0.2, 0.25) is 5.91 Å². The van der Waals surface area contributed by atoms with Crippen LogP contribution in [0.1, 0.15) is 25.7 Å². The van der Waals surface area contributed by atoms with Crippen LogP contribution in [-0.2, 0) is 21.1 Å². The highest BCUT2D eigenvalue weighted by molar-refractivity contribution is 7.91. The van der Waals surface area contributed by atoms with Crippen molar-refractivity contribution < 1.29 is 17.6 Å². The maximum atomic E-state index is 12.5. The number of carbonyl (C=O) groups is 1. The maximum Gasteiger partial charge on any atom is 0.223 e. The maximum absolute atomic E-state index is 12.5. The smallest absolute Gasteiger partial charge is 0.223 e. The molecule has 140 valence electrons. The van der Waals surface area contributed by atoms with Crippen molar-refractivity contribution in [3.05, 3.63) is 41.4 Å². The zero-order chi connectivity index (χ0) is 18.7. The van der Waals surface area contributed by atoms with E-state index in [-0.39, 0.29) is 29.9 Å². The lowest BCUT2D eigenvalue weighted by Gasteiger charge is -2.26. The third-order valence-corrected chi connectivity index (χ3v) is 6.55. The number of halogens is 1. The average Bonchev–Trinajstić information content (AvgIpc) is 3.21. The van der Waals surface area contributed by atoms with Crippen molar-refractivity contribution in [2.24, 2.45) is 0 Å². The minimum absolute atomic E-state index is 0.0618. The van der Waals surface area contributed by atoms with Gasteiger partial charge in [0.1, 0.15) is 0 Å². The summed E-state index contributed by atoms with van der Waals surface area (Å²) in [7, 11) is -3.02. The van der Waals surface area contributed by atoms with Gasteiger partial charge in [-0.05, 0) is 37.6 Å². The summed E-state index contributed by atoms with van der Waals surface area (Å²) < 4.78 is 29.0. The molecule has 1 unspecified atom stereocenters. The molecular weight excluding hydrogens is 376 g/mol. The molecule has 1 atom stereocenters. The number of amides is 1. The van der Waals surface area contributed by atoms with Crippen LogP contribution in [0.4, 0.5) is 0 Å². The Morgan fingerprint density at radius 1 is 1.35 bits per heavy atom. The quantitative estimate of drug-likeness (QED) is 0.749. The number of hydrogen-bond donors (Lipinski definition) is 0. The standard InChI is InChI=1S/C18H21ClN2O4S/c1-2-21(15-9-10-26(23,24)12-15)18(22)8-7-17-20-11-16(25-17)13-3-5-14(19)6-4-13/h3-6,11,15H,2,7-10,12H2,1H3. The monoisotopic (exact) mass is 396 g/mol. The second-order valence-electron chi connectivity index (χ2n) is 6.36. The normalized spacial score (nSPS) is 18.8. The summed E-state index contributed by atoms with van der Waals surface area (Å²) in [6, 6.07) is 7.02. The van der Waals surface area contributed by atoms with E-state index < -0.39 is 9.84 Å². The second-order valence-corrected chi connectivity index (χ2v) is 9.03. The number of oxazole rings is 1. The van der Waals surface area contributed by atoms with Gasteiger partial charge in [0.25, 0.3) is 0 Å². The first-order valence-electron chi connectivity index (χ1n) is 8.58. The number of aromatic nitrogens is 1. The topological polar surface area (TPSA) is 80.5 Å². The lowest BCUT2D eigenvalue weighted by molar-refractivity contribution is -0.132. The zero-order valence-electron chi connectivity index (χ0n) is 14.5. The van der Waals surface area contributed by atoms with Crippen LogP contribution in [0.3, 0.4) is 0 Å². The van der Waals surface area contributed by atoms with Gasteiger partial charge in [0, 0.05) is 36.0 Å². The highest BCUT2D eigenvalue weighted by atomic mass is 35.5. The molecule has 0 saturated carbocycles. The van der Waals surface area contributed by atoms with Crippen LogP contribution in [0, 0.1) is 0 Å². The molecule has 1 aromatic carbocycles. The first-order chi connectivity index (χ1) is 12.4. The first-order valence-corrected chi connectivity index (χ1v) is 10.8. The van der Waals surface area contributed by atoms with Gasteiger partial charge in [-0.3, -0.25) is 4.79 Å². The molecule has 0 bridgehead atoms. The molecule has 26 heavy (non-hydrogen) atoms. The van der Waals surface area contributed by atoms with E-state index in [1.54, 1.807) is 23.2 Å². The highest BCUT2D eigenvalue weighted by Gasteiger charge is 2.33. The van der Waals surface area contributed by atoms with Crippen molar-refractivity contribution in [1.29, 1.82) is 0 Å². The van der Waals surface area contributed by atoms with Gasteiger partial charge in [-0.15, -0.1) is 0 Å². The third kappa shape index (κ3) is 4.45. The Hall–Kier alpha value is -1.86. The fourth-order valence-electron chi connectivity index (χ4n) is 3.19. The van der Waals surface area contributed by atoms with Crippen molar-refractivity contribution in [2.75, 3.05) is 18.1 Å². The van der Waals surface area contributed by atoms with E-state index in [2.05, 4.69) is 4.98 Å². The van der Waals surface area contributed by atoms with Crippen molar-refractivity contribution in [1.82, 2.24) is 9.88 Å². The second kappa shape index (κ2) is 7.80. The van der Waals surface area contributed by atoms with E-state index in [1.807, 2.05) is 19.1 Å². The van der Waals surface area contributed by atoms with Gasteiger partial charge >= 0.3 is 0 Å². The molecular formula is C18H21ClN2O4S. The first kappa shape index (κ1) is 18.9. The molecule has 1 fully saturated rings. The molecule has 3 rings (SSSR count). The number of sulfone groups is 1. The Kier molecular flexibility index (Phi) is 5.67. The molecule has 6 nitrogen and oxygen atoms in total. The van der Waals surface area contributed by atoms with Crippen LogP contribution in [0.15, 0.2) is 34.9 Å². The number of benzene rings is 1. The van der Waals surface area contributed by atoms with Gasteiger partial charge in [0.15, 0.2) is 21.5 Å². The van der Waals surface area contributed by atoms with Crippen LogP contribution < -0.4 is 0 Å². The fourth-order valence-corrected chi connectivity index (χ4v) is 5.05. The van der Waals surface area contributed by atoms with E-state index in [0.29, 0.717) is 36.1 Å². The molecule has 1 saturated heterocycles. The molecule has 1 aromatic heterocycles. The van der Waals surface area contributed by atoms with Crippen LogP contribution in [-0.4, -0.2) is 48.3 Å². The summed E-state index contributed by atoms with van der Waals surface area (Å²) in [5.74, 6) is 1.26. The molecule has 2 aromatic rings. The minimum atomic E-state index is -3.02. The average molecular weight is 397 g/mol. The van der Waals surface area contributed by atoms with Crippen LogP contribution in [0.5, 0.6) is 0 Å². The van der Waals surface area contributed by atoms with Crippen LogP contribution in [0.2, 0.25) is 5.02 Å². The zero-order valence-corrected chi connectivity index (χ0v) is 16.1. The number of carbonyl (C=O) groups excluding carboxylic acids is 1. The molecule has 0 spiro atoms. The van der Waals surface area contributed by atoms with E-state index >= 15 is 0 Å². The molecule has 8 heteroatoms. The fraction of sp³-hybridized carbons (Fsp3) is 0.444. The van der Waals surface area contributed by atoms with E-state index in [4.69, 9.17) is 16.0 Å². The van der Waals surface area contributed by atoms with Crippen molar-refractivity contribution in [2.45, 2.75) is 32.2 Å². The van der Waals surface area contributed by atoms with E-state index in [9.17, 15) is 13.2 Å². The predicted molar refractivity (Wildman–Crippen MR) is 99.7 cm³/mol. The van der Waals surface area contributed by atoms with Crippen molar-refractivity contribution in [3.63, 3.8) is 0 Å². The molecule has 0 aliphatic carbocycles. The summed E-state index contributed by atoms with van der Waals surface area (Å²) in [4.78, 5) is 18.4. The number of nitrogens with zero attached hydrogens (tertiary/aromatic N) is 2. The van der Waals surface area contributed by atoms with Gasteiger partial charge in [-0.25, -0.2) is 13.4 Å². The van der Waals surface area contributed by atoms with Gasteiger partial charge in [-0.1, -0.05) is 11.6 Å². The Balaban J connectivity index is 1.60. The molecule has 1 amide bonds. The van der Waals surface area contributed by atoms with Crippen LogP contribution in [0.25, 0.3) is 11.3 Å². The van der Waals surface area contributed by atoms with Crippen LogP contribution >= 0.6 is 11.6 Å². The largest absolute Gasteiger partial charge is 0.441 e. The number of hydrogen-bond acceptors (Lipinski definition) is 5. The van der Waals surface area contributed by atoms with E-state index in [0.717, 1.165) is 5.56 Å². The summed E-state index contributed by atoms with van der Waals surface area (Å²) in [6.45, 7) is 2.37. The van der Waals surface area contributed by atoms with Gasteiger partial charge < -0.3 is 9.32 Å². The van der Waals surface area contributed by atoms with Gasteiger partial charge in [-0.2, -0.15) is 0 Å². The Morgan fingerprint density at radius 3 is 2.69 bits per heavy atom. The summed E-state index contributed by atoms with van der Waals surface area (Å²) >= 11 is 5.88. The Labute approximate surface area is 158 Å². The third-order valence-electron chi connectivity index (χ3n) is 4.55. The minimum Gasteiger partial charge on any atom is -0.441 e. The summed E-state index contributed by atoms with van der Waals surface area (Å²) in [6.07, 6.45) is 2.76. The van der Waals surface area contributed by atoms with Crippen molar-refractivity contribution in [3.8, 4) is 11.3 Å². The molecule has 0 radical (unpaired) electrons. The Morgan fingerprint density at radius 2 is 2.08 bits per heavy atom. The lowest BCUT2D eigenvalue weighted by Crippen LogP contribution is -2.41. The van der Waals surface area contributed by atoms with Crippen molar-refractivity contribution >= 4 is 27.3 Å². The number of rotatable bonds is 6. The molecule has 1 aliphatic rings. The molecule has 1 aliphatic heterocycles. The van der Waals surface area contributed by atoms with Gasteiger partial charge in [0.05, 0.1) is 17.7 Å². The summed E-state index contributed by atoms with van der Waals surface area (Å²) in [5.41, 5.74) is 0.867. The summed E-state index contributed by atoms with van der Waals surface area (Å²) in [5, 5.41) is 0.646. The predicted octanol–water partition coefficient (Wildman–Crippen LogP) is 2.96. The SMILES string of the molecule is CCN(C(=O)CCc1ncc(-c2ccc(Cl)cc2)o1)C1CCS(=O)(=O)C1. The number of aryl methyl sites for hydroxylation is 1. The molecule has 2 heterocycles. The highest BCUT2D eigenvalue weighted by Crippen LogP contribution is 2.23.